The maximum absolute atomic E-state index is 3.66. The molecule has 1 aliphatic carbocycles. The van der Waals surface area contributed by atoms with Gasteiger partial charge in [0, 0.05) is 25.2 Å². The highest BCUT2D eigenvalue weighted by Gasteiger charge is 2.23. The van der Waals surface area contributed by atoms with E-state index in [1.807, 2.05) is 0 Å². The van der Waals surface area contributed by atoms with E-state index in [1.165, 1.54) is 18.4 Å². The molecule has 0 aliphatic heterocycles. The van der Waals surface area contributed by atoms with Crippen LogP contribution >= 0.6 is 0 Å². The lowest BCUT2D eigenvalue weighted by atomic mass is 10.2. The first-order valence-corrected chi connectivity index (χ1v) is 6.80. The Balaban J connectivity index is 1.79. The Bertz CT molecular complexity index is 319. The maximum Gasteiger partial charge on any atom is 0.0234 e. The van der Waals surface area contributed by atoms with Crippen LogP contribution in [0.15, 0.2) is 30.3 Å². The molecule has 2 rings (SSSR count). The predicted molar refractivity (Wildman–Crippen MR) is 73.0 cm³/mol. The first-order chi connectivity index (χ1) is 8.28. The highest BCUT2D eigenvalue weighted by Crippen LogP contribution is 2.19. The van der Waals surface area contributed by atoms with E-state index in [4.69, 9.17) is 0 Å². The van der Waals surface area contributed by atoms with E-state index in [0.717, 1.165) is 25.7 Å². The molecule has 2 heteroatoms. The number of benzene rings is 1. The topological polar surface area (TPSA) is 15.3 Å². The van der Waals surface area contributed by atoms with Crippen LogP contribution in [0.3, 0.4) is 0 Å². The fourth-order valence-corrected chi connectivity index (χ4v) is 2.24. The van der Waals surface area contributed by atoms with E-state index in [2.05, 4.69) is 54.4 Å². The molecule has 2 nitrogen and oxygen atoms in total. The molecule has 1 saturated carbocycles. The average Bonchev–Trinajstić information content (AvgIpc) is 3.13. The van der Waals surface area contributed by atoms with Crippen LogP contribution in [0.2, 0.25) is 0 Å². The molecule has 0 aromatic heterocycles. The van der Waals surface area contributed by atoms with Crippen molar-refractivity contribution in [1.82, 2.24) is 10.2 Å². The molecule has 0 saturated heterocycles. The van der Waals surface area contributed by atoms with E-state index in [9.17, 15) is 0 Å². The van der Waals surface area contributed by atoms with Gasteiger partial charge in [-0.2, -0.15) is 0 Å². The highest BCUT2D eigenvalue weighted by molar-refractivity contribution is 5.14. The van der Waals surface area contributed by atoms with Gasteiger partial charge in [-0.1, -0.05) is 37.3 Å². The summed E-state index contributed by atoms with van der Waals surface area (Å²) in [4.78, 5) is 2.51. The molecule has 1 unspecified atom stereocenters. The van der Waals surface area contributed by atoms with Gasteiger partial charge in [0.15, 0.2) is 0 Å². The first-order valence-electron chi connectivity index (χ1n) is 6.80. The summed E-state index contributed by atoms with van der Waals surface area (Å²) in [5, 5.41) is 3.66. The minimum Gasteiger partial charge on any atom is -0.310 e. The number of rotatable bonds is 7. The summed E-state index contributed by atoms with van der Waals surface area (Å²) in [5.41, 5.74) is 1.41. The molecule has 0 bridgehead atoms. The van der Waals surface area contributed by atoms with E-state index < -0.39 is 0 Å². The Labute approximate surface area is 105 Å². The number of likely N-dealkylation sites (N-methyl/N-ethyl adjacent to an activating group) is 1. The highest BCUT2D eigenvalue weighted by atomic mass is 15.1. The molecular weight excluding hydrogens is 208 g/mol. The minimum absolute atomic E-state index is 0.603. The minimum atomic E-state index is 0.603. The largest absolute Gasteiger partial charge is 0.310 e. The van der Waals surface area contributed by atoms with Gasteiger partial charge < -0.3 is 5.32 Å². The average molecular weight is 232 g/mol. The summed E-state index contributed by atoms with van der Waals surface area (Å²) < 4.78 is 0. The molecule has 1 aromatic rings. The molecule has 0 heterocycles. The molecule has 0 spiro atoms. The fourth-order valence-electron chi connectivity index (χ4n) is 2.24. The third-order valence-corrected chi connectivity index (χ3v) is 3.33. The summed E-state index contributed by atoms with van der Waals surface area (Å²) in [6, 6.07) is 12.1. The molecule has 1 aromatic carbocycles. The van der Waals surface area contributed by atoms with E-state index in [0.29, 0.717) is 6.04 Å². The molecule has 1 atom stereocenters. The summed E-state index contributed by atoms with van der Waals surface area (Å²) >= 11 is 0. The van der Waals surface area contributed by atoms with Crippen molar-refractivity contribution in [2.75, 3.05) is 13.1 Å². The van der Waals surface area contributed by atoms with Gasteiger partial charge in [-0.25, -0.2) is 0 Å². The van der Waals surface area contributed by atoms with Gasteiger partial charge in [-0.15, -0.1) is 0 Å². The van der Waals surface area contributed by atoms with Crippen molar-refractivity contribution in [1.29, 1.82) is 0 Å². The Kier molecular flexibility index (Phi) is 4.57. The van der Waals surface area contributed by atoms with Crippen molar-refractivity contribution < 1.29 is 0 Å². The van der Waals surface area contributed by atoms with Gasteiger partial charge >= 0.3 is 0 Å². The maximum atomic E-state index is 3.66. The number of hydrogen-bond acceptors (Lipinski definition) is 2. The van der Waals surface area contributed by atoms with Crippen LogP contribution in [-0.4, -0.2) is 30.1 Å². The van der Waals surface area contributed by atoms with Gasteiger partial charge in [0.1, 0.15) is 0 Å². The summed E-state index contributed by atoms with van der Waals surface area (Å²) in [6.07, 6.45) is 2.74. The summed E-state index contributed by atoms with van der Waals surface area (Å²) in [7, 11) is 0. The molecule has 94 valence electrons. The van der Waals surface area contributed by atoms with Gasteiger partial charge in [-0.05, 0) is 31.9 Å². The fraction of sp³-hybridized carbons (Fsp3) is 0.600. The zero-order chi connectivity index (χ0) is 12.1. The Morgan fingerprint density at radius 3 is 2.59 bits per heavy atom. The van der Waals surface area contributed by atoms with E-state index in [1.54, 1.807) is 0 Å². The van der Waals surface area contributed by atoms with Crippen LogP contribution in [-0.2, 0) is 6.54 Å². The smallest absolute Gasteiger partial charge is 0.0234 e. The van der Waals surface area contributed by atoms with Crippen LogP contribution in [0.25, 0.3) is 0 Å². The van der Waals surface area contributed by atoms with Gasteiger partial charge in [-0.3, -0.25) is 4.90 Å². The van der Waals surface area contributed by atoms with Crippen molar-refractivity contribution in [2.24, 2.45) is 0 Å². The SMILES string of the molecule is CCN(Cc1ccccc1)CC(C)NC1CC1. The monoisotopic (exact) mass is 232 g/mol. The lowest BCUT2D eigenvalue weighted by molar-refractivity contribution is 0.250. The Hall–Kier alpha value is -0.860. The van der Waals surface area contributed by atoms with Gasteiger partial charge in [0.25, 0.3) is 0 Å². The molecular formula is C15H24N2. The third kappa shape index (κ3) is 4.49. The lowest BCUT2D eigenvalue weighted by Gasteiger charge is -2.25. The van der Waals surface area contributed by atoms with Crippen LogP contribution in [0.5, 0.6) is 0 Å². The Morgan fingerprint density at radius 2 is 2.00 bits per heavy atom. The van der Waals surface area contributed by atoms with Crippen LogP contribution in [0, 0.1) is 0 Å². The molecule has 0 amide bonds. The van der Waals surface area contributed by atoms with Crippen molar-refractivity contribution >= 4 is 0 Å². The third-order valence-electron chi connectivity index (χ3n) is 3.33. The molecule has 1 N–H and O–H groups in total. The molecule has 1 fully saturated rings. The number of nitrogens with one attached hydrogen (secondary N) is 1. The van der Waals surface area contributed by atoms with Crippen LogP contribution in [0.1, 0.15) is 32.3 Å². The van der Waals surface area contributed by atoms with Crippen molar-refractivity contribution in [3.63, 3.8) is 0 Å². The lowest BCUT2D eigenvalue weighted by Crippen LogP contribution is -2.39. The van der Waals surface area contributed by atoms with Crippen molar-refractivity contribution in [3.8, 4) is 0 Å². The zero-order valence-corrected chi connectivity index (χ0v) is 11.0. The van der Waals surface area contributed by atoms with E-state index >= 15 is 0 Å². The second-order valence-electron chi connectivity index (χ2n) is 5.16. The van der Waals surface area contributed by atoms with Crippen LogP contribution in [0.4, 0.5) is 0 Å². The number of hydrogen-bond donors (Lipinski definition) is 1. The van der Waals surface area contributed by atoms with Crippen molar-refractivity contribution in [2.45, 2.75) is 45.3 Å². The second kappa shape index (κ2) is 6.18. The molecule has 0 radical (unpaired) electrons. The normalized spacial score (nSPS) is 17.4. The first kappa shape index (κ1) is 12.6. The van der Waals surface area contributed by atoms with Crippen LogP contribution < -0.4 is 5.32 Å². The molecule has 17 heavy (non-hydrogen) atoms. The van der Waals surface area contributed by atoms with Gasteiger partial charge in [0.2, 0.25) is 0 Å². The standard InChI is InChI=1S/C15H24N2/c1-3-17(11-13(2)16-15-9-10-15)12-14-7-5-4-6-8-14/h4-8,13,15-16H,3,9-12H2,1-2H3. The quantitative estimate of drug-likeness (QED) is 0.777. The molecule has 1 aliphatic rings. The van der Waals surface area contributed by atoms with Gasteiger partial charge in [0.05, 0.1) is 0 Å². The van der Waals surface area contributed by atoms with E-state index in [-0.39, 0.29) is 0 Å². The number of nitrogens with zero attached hydrogens (tertiary/aromatic N) is 1. The summed E-state index contributed by atoms with van der Waals surface area (Å²) in [5.74, 6) is 0. The van der Waals surface area contributed by atoms with Crippen molar-refractivity contribution in [3.05, 3.63) is 35.9 Å². The second-order valence-corrected chi connectivity index (χ2v) is 5.16. The summed E-state index contributed by atoms with van der Waals surface area (Å²) in [6.45, 7) is 7.86. The Morgan fingerprint density at radius 1 is 1.29 bits per heavy atom. The predicted octanol–water partition coefficient (Wildman–Crippen LogP) is 2.65. The zero-order valence-electron chi connectivity index (χ0n) is 11.0.